The lowest BCUT2D eigenvalue weighted by Gasteiger charge is -2.32. The SMILES string of the molecule is CN=C(NCC(=O)OC(C)(C)C)NC1CCN(CC(=O)NC)CC1. The Morgan fingerprint density at radius 1 is 1.25 bits per heavy atom. The van der Waals surface area contributed by atoms with Crippen LogP contribution >= 0.6 is 0 Å². The fraction of sp³-hybridized carbons (Fsp3) is 0.812. The van der Waals surface area contributed by atoms with Crippen molar-refractivity contribution in [1.82, 2.24) is 20.9 Å². The molecule has 1 amide bonds. The minimum Gasteiger partial charge on any atom is -0.459 e. The molecule has 0 spiro atoms. The van der Waals surface area contributed by atoms with Gasteiger partial charge in [0.1, 0.15) is 12.1 Å². The Kier molecular flexibility index (Phi) is 7.97. The highest BCUT2D eigenvalue weighted by Gasteiger charge is 2.22. The zero-order valence-electron chi connectivity index (χ0n) is 15.4. The smallest absolute Gasteiger partial charge is 0.325 e. The number of likely N-dealkylation sites (N-methyl/N-ethyl adjacent to an activating group) is 1. The van der Waals surface area contributed by atoms with E-state index in [1.165, 1.54) is 0 Å². The van der Waals surface area contributed by atoms with Gasteiger partial charge in [0, 0.05) is 33.2 Å². The summed E-state index contributed by atoms with van der Waals surface area (Å²) in [6.45, 7) is 7.74. The number of nitrogens with zero attached hydrogens (tertiary/aromatic N) is 2. The molecule has 1 saturated heterocycles. The summed E-state index contributed by atoms with van der Waals surface area (Å²) < 4.78 is 5.26. The van der Waals surface area contributed by atoms with Crippen LogP contribution in [0, 0.1) is 0 Å². The lowest BCUT2D eigenvalue weighted by molar-refractivity contribution is -0.153. The molecular formula is C16H31N5O3. The summed E-state index contributed by atoms with van der Waals surface area (Å²) >= 11 is 0. The minimum atomic E-state index is -0.493. The van der Waals surface area contributed by atoms with Crippen molar-refractivity contribution in [3.05, 3.63) is 0 Å². The zero-order valence-corrected chi connectivity index (χ0v) is 15.4. The van der Waals surface area contributed by atoms with E-state index in [9.17, 15) is 9.59 Å². The second-order valence-corrected chi connectivity index (χ2v) is 6.88. The minimum absolute atomic E-state index is 0.0382. The highest BCUT2D eigenvalue weighted by Crippen LogP contribution is 2.10. The normalized spacial score (nSPS) is 17.3. The van der Waals surface area contributed by atoms with Gasteiger partial charge in [-0.3, -0.25) is 19.5 Å². The average Bonchev–Trinajstić information content (AvgIpc) is 2.51. The van der Waals surface area contributed by atoms with Crippen LogP contribution in [0.25, 0.3) is 0 Å². The molecule has 0 bridgehead atoms. The molecule has 1 aliphatic rings. The highest BCUT2D eigenvalue weighted by atomic mass is 16.6. The Bertz CT molecular complexity index is 451. The number of nitrogens with one attached hydrogen (secondary N) is 3. The van der Waals surface area contributed by atoms with Crippen LogP contribution in [0.1, 0.15) is 33.6 Å². The third-order valence-corrected chi connectivity index (χ3v) is 3.62. The quantitative estimate of drug-likeness (QED) is 0.361. The average molecular weight is 341 g/mol. The van der Waals surface area contributed by atoms with Gasteiger partial charge in [-0.25, -0.2) is 0 Å². The van der Waals surface area contributed by atoms with Crippen molar-refractivity contribution in [1.29, 1.82) is 0 Å². The third-order valence-electron chi connectivity index (χ3n) is 3.62. The molecule has 8 heteroatoms. The molecule has 138 valence electrons. The van der Waals surface area contributed by atoms with Gasteiger partial charge in [0.2, 0.25) is 5.91 Å². The van der Waals surface area contributed by atoms with Crippen molar-refractivity contribution < 1.29 is 14.3 Å². The molecule has 1 fully saturated rings. The molecule has 0 aliphatic carbocycles. The van der Waals surface area contributed by atoms with Crippen molar-refractivity contribution in [3.8, 4) is 0 Å². The first-order valence-corrected chi connectivity index (χ1v) is 8.35. The molecule has 0 unspecified atom stereocenters. The first-order valence-electron chi connectivity index (χ1n) is 8.35. The Labute approximate surface area is 144 Å². The number of amides is 1. The highest BCUT2D eigenvalue weighted by molar-refractivity contribution is 5.84. The molecule has 1 aliphatic heterocycles. The van der Waals surface area contributed by atoms with Crippen molar-refractivity contribution in [3.63, 3.8) is 0 Å². The molecular weight excluding hydrogens is 310 g/mol. The van der Waals surface area contributed by atoms with Gasteiger partial charge < -0.3 is 20.7 Å². The molecule has 0 aromatic carbocycles. The van der Waals surface area contributed by atoms with Crippen LogP contribution < -0.4 is 16.0 Å². The molecule has 24 heavy (non-hydrogen) atoms. The number of aliphatic imine (C=N–C) groups is 1. The summed E-state index contributed by atoms with van der Waals surface area (Å²) in [4.78, 5) is 29.4. The van der Waals surface area contributed by atoms with E-state index in [-0.39, 0.29) is 24.5 Å². The van der Waals surface area contributed by atoms with E-state index in [0.717, 1.165) is 25.9 Å². The predicted octanol–water partition coefficient (Wildman–Crippen LogP) is -0.296. The van der Waals surface area contributed by atoms with E-state index in [2.05, 4.69) is 25.8 Å². The Morgan fingerprint density at radius 2 is 1.88 bits per heavy atom. The standard InChI is InChI=1S/C16H31N5O3/c1-16(2,3)24-14(23)10-19-15(18-5)20-12-6-8-21(9-7-12)11-13(22)17-4/h12H,6-11H2,1-5H3,(H,17,22)(H2,18,19,20). The van der Waals surface area contributed by atoms with Crippen molar-refractivity contribution >= 4 is 17.8 Å². The second kappa shape index (κ2) is 9.46. The zero-order chi connectivity index (χ0) is 18.2. The monoisotopic (exact) mass is 341 g/mol. The summed E-state index contributed by atoms with van der Waals surface area (Å²) in [5, 5.41) is 8.93. The Balaban J connectivity index is 2.32. The van der Waals surface area contributed by atoms with Crippen molar-refractivity contribution in [2.24, 2.45) is 4.99 Å². The van der Waals surface area contributed by atoms with Crippen LogP contribution in [-0.4, -0.2) is 74.7 Å². The van der Waals surface area contributed by atoms with E-state index in [0.29, 0.717) is 12.5 Å². The topological polar surface area (TPSA) is 95.1 Å². The van der Waals surface area contributed by atoms with E-state index in [1.807, 2.05) is 20.8 Å². The number of piperidine rings is 1. The van der Waals surface area contributed by atoms with Crippen LogP contribution in [0.3, 0.4) is 0 Å². The number of likely N-dealkylation sites (tertiary alicyclic amines) is 1. The van der Waals surface area contributed by atoms with Crippen molar-refractivity contribution in [2.75, 3.05) is 40.3 Å². The van der Waals surface area contributed by atoms with Crippen LogP contribution in [0.2, 0.25) is 0 Å². The first kappa shape index (κ1) is 20.2. The number of rotatable bonds is 5. The molecule has 1 rings (SSSR count). The van der Waals surface area contributed by atoms with Gasteiger partial charge in [0.15, 0.2) is 5.96 Å². The fourth-order valence-corrected chi connectivity index (χ4v) is 2.44. The molecule has 8 nitrogen and oxygen atoms in total. The molecule has 1 heterocycles. The molecule has 0 atom stereocenters. The van der Waals surface area contributed by atoms with E-state index in [1.54, 1.807) is 14.1 Å². The number of carbonyl (C=O) groups is 2. The number of carbonyl (C=O) groups excluding carboxylic acids is 2. The summed E-state index contributed by atoms with van der Waals surface area (Å²) in [6, 6.07) is 0.274. The van der Waals surface area contributed by atoms with Crippen LogP contribution in [0.15, 0.2) is 4.99 Å². The van der Waals surface area contributed by atoms with Gasteiger partial charge >= 0.3 is 5.97 Å². The van der Waals surface area contributed by atoms with E-state index < -0.39 is 5.60 Å². The number of hydrogen-bond donors (Lipinski definition) is 3. The summed E-state index contributed by atoms with van der Waals surface area (Å²) in [5.74, 6) is 0.313. The number of esters is 1. The predicted molar refractivity (Wildman–Crippen MR) is 93.9 cm³/mol. The second-order valence-electron chi connectivity index (χ2n) is 6.88. The van der Waals surface area contributed by atoms with Gasteiger partial charge in [-0.15, -0.1) is 0 Å². The first-order chi connectivity index (χ1) is 11.2. The van der Waals surface area contributed by atoms with Gasteiger partial charge in [0.25, 0.3) is 0 Å². The fourth-order valence-electron chi connectivity index (χ4n) is 2.44. The van der Waals surface area contributed by atoms with Gasteiger partial charge in [-0.2, -0.15) is 0 Å². The lowest BCUT2D eigenvalue weighted by atomic mass is 10.1. The summed E-state index contributed by atoms with van der Waals surface area (Å²) in [7, 11) is 3.32. The van der Waals surface area contributed by atoms with Gasteiger partial charge in [-0.05, 0) is 33.6 Å². The number of ether oxygens (including phenoxy) is 1. The lowest BCUT2D eigenvalue weighted by Crippen LogP contribution is -2.50. The number of guanidine groups is 1. The molecule has 0 aromatic rings. The van der Waals surface area contributed by atoms with Gasteiger partial charge in [0.05, 0.1) is 6.54 Å². The van der Waals surface area contributed by atoms with Crippen LogP contribution in [0.4, 0.5) is 0 Å². The van der Waals surface area contributed by atoms with E-state index >= 15 is 0 Å². The number of hydrogen-bond acceptors (Lipinski definition) is 5. The maximum atomic E-state index is 11.7. The van der Waals surface area contributed by atoms with E-state index in [4.69, 9.17) is 4.74 Å². The maximum absolute atomic E-state index is 11.7. The summed E-state index contributed by atoms with van der Waals surface area (Å²) in [6.07, 6.45) is 1.84. The van der Waals surface area contributed by atoms with Crippen LogP contribution in [0.5, 0.6) is 0 Å². The third kappa shape index (κ3) is 8.14. The van der Waals surface area contributed by atoms with Crippen LogP contribution in [-0.2, 0) is 14.3 Å². The molecule has 0 saturated carbocycles. The Hall–Kier alpha value is -1.83. The molecule has 0 radical (unpaired) electrons. The maximum Gasteiger partial charge on any atom is 0.325 e. The molecule has 3 N–H and O–H groups in total. The van der Waals surface area contributed by atoms with Crippen molar-refractivity contribution in [2.45, 2.75) is 45.3 Å². The summed E-state index contributed by atoms with van der Waals surface area (Å²) in [5.41, 5.74) is -0.493. The Morgan fingerprint density at radius 3 is 2.38 bits per heavy atom. The van der Waals surface area contributed by atoms with Gasteiger partial charge in [-0.1, -0.05) is 0 Å². The molecule has 0 aromatic heterocycles. The largest absolute Gasteiger partial charge is 0.459 e.